The first-order valence-corrected chi connectivity index (χ1v) is 3.56. The Hall–Kier alpha value is -1.72. The second kappa shape index (κ2) is 3.99. The third-order valence-corrected chi connectivity index (χ3v) is 1.47. The Morgan fingerprint density at radius 2 is 2.14 bits per heavy atom. The predicted molar refractivity (Wildman–Crippen MR) is 44.2 cm³/mol. The van der Waals surface area contributed by atoms with Gasteiger partial charge in [0.2, 0.25) is 0 Å². The van der Waals surface area contributed by atoms with E-state index in [9.17, 15) is 18.9 Å². The summed E-state index contributed by atoms with van der Waals surface area (Å²) in [5.41, 5.74) is -0.156. The fourth-order valence-electron chi connectivity index (χ4n) is 0.890. The molecule has 1 aromatic rings. The maximum atomic E-state index is 11.8. The zero-order valence-electron chi connectivity index (χ0n) is 6.94. The van der Waals surface area contributed by atoms with Gasteiger partial charge in [-0.1, -0.05) is 0 Å². The van der Waals surface area contributed by atoms with Crippen LogP contribution in [-0.4, -0.2) is 11.5 Å². The van der Waals surface area contributed by atoms with E-state index in [0.29, 0.717) is 0 Å². The minimum atomic E-state index is -2.96. The van der Waals surface area contributed by atoms with Gasteiger partial charge in [-0.05, 0) is 13.0 Å². The fraction of sp³-hybridized carbons (Fsp3) is 0.125. The lowest BCUT2D eigenvalue weighted by Crippen LogP contribution is -2.03. The third kappa shape index (κ3) is 2.38. The quantitative estimate of drug-likeness (QED) is 0.558. The summed E-state index contributed by atoms with van der Waals surface area (Å²) in [5.74, 6) is -0.161. The highest BCUT2D eigenvalue weighted by molar-refractivity contribution is 5.45. The minimum absolute atomic E-state index is 0.0551. The van der Waals surface area contributed by atoms with Crippen LogP contribution in [0.25, 0.3) is 0 Å². The van der Waals surface area contributed by atoms with Crippen LogP contribution in [0.15, 0.2) is 18.2 Å². The fourth-order valence-corrected chi connectivity index (χ4v) is 0.890. The number of nitro groups is 1. The van der Waals surface area contributed by atoms with Gasteiger partial charge in [0.15, 0.2) is 0 Å². The van der Waals surface area contributed by atoms with E-state index in [4.69, 9.17) is 0 Å². The van der Waals surface area contributed by atoms with E-state index < -0.39 is 11.5 Å². The predicted octanol–water partition coefficient (Wildman–Crippen LogP) is 2.38. The number of nitro benzene ring substituents is 1. The standard InChI is InChI=1S/C8H6F2NO3/c1-5-4-6(11(12)13)2-3-7(5)14-8(9)10/h2-4,8H,1H2. The molecule has 14 heavy (non-hydrogen) atoms. The Bertz CT molecular complexity index is 354. The van der Waals surface area contributed by atoms with Crippen molar-refractivity contribution in [1.82, 2.24) is 0 Å². The molecule has 1 radical (unpaired) electrons. The lowest BCUT2D eigenvalue weighted by Gasteiger charge is -2.06. The van der Waals surface area contributed by atoms with Gasteiger partial charge in [-0.25, -0.2) is 0 Å². The Labute approximate surface area is 78.3 Å². The zero-order valence-corrected chi connectivity index (χ0v) is 6.94. The van der Waals surface area contributed by atoms with Gasteiger partial charge in [-0.3, -0.25) is 10.1 Å². The molecule has 1 aromatic carbocycles. The van der Waals surface area contributed by atoms with Crippen molar-refractivity contribution in [2.45, 2.75) is 6.61 Å². The highest BCUT2D eigenvalue weighted by Gasteiger charge is 2.11. The second-order valence-electron chi connectivity index (χ2n) is 2.43. The molecular formula is C8H6F2NO3. The number of ether oxygens (including phenoxy) is 1. The second-order valence-corrected chi connectivity index (χ2v) is 2.43. The number of rotatable bonds is 3. The molecule has 1 rings (SSSR count). The number of non-ortho nitro benzene ring substituents is 1. The van der Waals surface area contributed by atoms with Gasteiger partial charge in [-0.2, -0.15) is 8.78 Å². The molecule has 0 spiro atoms. The average Bonchev–Trinajstić information content (AvgIpc) is 2.07. The molecule has 6 heteroatoms. The monoisotopic (exact) mass is 202 g/mol. The van der Waals surface area contributed by atoms with Crippen molar-refractivity contribution in [3.05, 3.63) is 40.8 Å². The molecule has 0 heterocycles. The van der Waals surface area contributed by atoms with Crippen molar-refractivity contribution in [1.29, 1.82) is 0 Å². The van der Waals surface area contributed by atoms with Crippen LogP contribution in [0.5, 0.6) is 5.75 Å². The Morgan fingerprint density at radius 3 is 2.57 bits per heavy atom. The SMILES string of the molecule is [CH2]c1cc([N+](=O)[O-])ccc1OC(F)F. The first kappa shape index (κ1) is 10.4. The summed E-state index contributed by atoms with van der Waals surface area (Å²) in [6, 6.07) is 3.23. The smallest absolute Gasteiger partial charge is 0.387 e. The topological polar surface area (TPSA) is 52.4 Å². The van der Waals surface area contributed by atoms with E-state index in [-0.39, 0.29) is 17.0 Å². The number of nitrogens with zero attached hydrogens (tertiary/aromatic N) is 1. The minimum Gasteiger partial charge on any atom is -0.435 e. The number of alkyl halides is 2. The molecule has 0 amide bonds. The molecule has 0 N–H and O–H groups in total. The van der Waals surface area contributed by atoms with Crippen LogP contribution < -0.4 is 4.74 Å². The molecular weight excluding hydrogens is 196 g/mol. The summed E-state index contributed by atoms with van der Waals surface area (Å²) in [7, 11) is 0. The highest BCUT2D eigenvalue weighted by atomic mass is 19.3. The molecule has 4 nitrogen and oxygen atoms in total. The van der Waals surface area contributed by atoms with Crippen molar-refractivity contribution in [2.75, 3.05) is 0 Å². The van der Waals surface area contributed by atoms with Gasteiger partial charge in [0, 0.05) is 17.7 Å². The Balaban J connectivity index is 2.95. The molecule has 0 unspecified atom stereocenters. The van der Waals surface area contributed by atoms with E-state index >= 15 is 0 Å². The van der Waals surface area contributed by atoms with Crippen molar-refractivity contribution < 1.29 is 18.4 Å². The van der Waals surface area contributed by atoms with Crippen LogP contribution in [0.1, 0.15) is 5.56 Å². The summed E-state index contributed by atoms with van der Waals surface area (Å²) in [6.07, 6.45) is 0. The van der Waals surface area contributed by atoms with Gasteiger partial charge < -0.3 is 4.74 Å². The molecule has 0 aromatic heterocycles. The Morgan fingerprint density at radius 1 is 1.50 bits per heavy atom. The van der Waals surface area contributed by atoms with Crippen LogP contribution in [0.4, 0.5) is 14.5 Å². The van der Waals surface area contributed by atoms with Gasteiger partial charge in [-0.15, -0.1) is 0 Å². The van der Waals surface area contributed by atoms with Crippen molar-refractivity contribution in [3.8, 4) is 5.75 Å². The van der Waals surface area contributed by atoms with Crippen LogP contribution in [0.3, 0.4) is 0 Å². The van der Waals surface area contributed by atoms with Crippen molar-refractivity contribution >= 4 is 5.69 Å². The van der Waals surface area contributed by atoms with E-state index in [2.05, 4.69) is 11.7 Å². The van der Waals surface area contributed by atoms with Crippen LogP contribution in [0.2, 0.25) is 0 Å². The third-order valence-electron chi connectivity index (χ3n) is 1.47. The first-order valence-electron chi connectivity index (χ1n) is 3.56. The summed E-state index contributed by atoms with van der Waals surface area (Å²) < 4.78 is 27.6. The molecule has 0 saturated heterocycles. The van der Waals surface area contributed by atoms with Gasteiger partial charge in [0.25, 0.3) is 5.69 Å². The molecule has 0 aliphatic carbocycles. The Kier molecular flexibility index (Phi) is 2.95. The molecule has 0 fully saturated rings. The van der Waals surface area contributed by atoms with E-state index in [1.807, 2.05) is 0 Å². The molecule has 0 bridgehead atoms. The highest BCUT2D eigenvalue weighted by Crippen LogP contribution is 2.24. The normalized spacial score (nSPS) is 10.3. The van der Waals surface area contributed by atoms with Crippen LogP contribution in [0, 0.1) is 17.0 Å². The van der Waals surface area contributed by atoms with E-state index in [1.165, 1.54) is 0 Å². The summed E-state index contributed by atoms with van der Waals surface area (Å²) >= 11 is 0. The van der Waals surface area contributed by atoms with Crippen molar-refractivity contribution in [3.63, 3.8) is 0 Å². The summed E-state index contributed by atoms with van der Waals surface area (Å²) in [5, 5.41) is 10.3. The van der Waals surface area contributed by atoms with E-state index in [1.54, 1.807) is 0 Å². The largest absolute Gasteiger partial charge is 0.435 e. The van der Waals surface area contributed by atoms with Gasteiger partial charge >= 0.3 is 6.61 Å². The molecule has 75 valence electrons. The van der Waals surface area contributed by atoms with Gasteiger partial charge in [0.1, 0.15) is 5.75 Å². The number of hydrogen-bond acceptors (Lipinski definition) is 3. The summed E-state index contributed by atoms with van der Waals surface area (Å²) in [4.78, 5) is 9.64. The number of hydrogen-bond donors (Lipinski definition) is 0. The average molecular weight is 202 g/mol. The van der Waals surface area contributed by atoms with Crippen LogP contribution in [-0.2, 0) is 0 Å². The number of halogens is 2. The summed E-state index contributed by atoms with van der Waals surface area (Å²) in [6.45, 7) is 0.393. The van der Waals surface area contributed by atoms with Gasteiger partial charge in [0.05, 0.1) is 4.92 Å². The molecule has 0 aliphatic rings. The lowest BCUT2D eigenvalue weighted by atomic mass is 10.2. The zero-order chi connectivity index (χ0) is 10.7. The lowest BCUT2D eigenvalue weighted by molar-refractivity contribution is -0.384. The van der Waals surface area contributed by atoms with Crippen molar-refractivity contribution in [2.24, 2.45) is 0 Å². The molecule has 0 saturated carbocycles. The molecule has 0 aliphatic heterocycles. The molecule has 0 atom stereocenters. The van der Waals surface area contributed by atoms with E-state index in [0.717, 1.165) is 18.2 Å². The maximum absolute atomic E-state index is 11.8. The van der Waals surface area contributed by atoms with Crippen LogP contribution >= 0.6 is 0 Å². The first-order chi connectivity index (χ1) is 6.50. The maximum Gasteiger partial charge on any atom is 0.387 e. The number of benzene rings is 1.